The molecule has 0 saturated carbocycles. The average molecular weight is 386 g/mol. The fourth-order valence-corrected chi connectivity index (χ4v) is 1.69. The number of alkyl halides is 6. The predicted octanol–water partition coefficient (Wildman–Crippen LogP) is 3.73. The predicted molar refractivity (Wildman–Crippen MR) is 78.4 cm³/mol. The molecule has 0 spiro atoms. The zero-order valence-corrected chi connectivity index (χ0v) is 13.9. The highest BCUT2D eigenvalue weighted by molar-refractivity contribution is 5.95. The van der Waals surface area contributed by atoms with Crippen molar-refractivity contribution in [3.05, 3.63) is 29.3 Å². The molecule has 1 aromatic carbocycles. The first-order valence-corrected chi connectivity index (χ1v) is 7.12. The van der Waals surface area contributed by atoms with Crippen molar-refractivity contribution in [2.24, 2.45) is 0 Å². The summed E-state index contributed by atoms with van der Waals surface area (Å²) in [6.07, 6.45) is -10.1. The highest BCUT2D eigenvalue weighted by atomic mass is 19.4. The Morgan fingerprint density at radius 3 is 1.77 bits per heavy atom. The van der Waals surface area contributed by atoms with Crippen LogP contribution >= 0.6 is 0 Å². The van der Waals surface area contributed by atoms with Crippen molar-refractivity contribution in [2.45, 2.75) is 38.7 Å². The lowest BCUT2D eigenvalue weighted by Crippen LogP contribution is -2.49. The van der Waals surface area contributed by atoms with Crippen LogP contribution in [-0.4, -0.2) is 24.1 Å². The molecule has 0 heterocycles. The number of imide groups is 1. The van der Waals surface area contributed by atoms with Crippen molar-refractivity contribution >= 4 is 11.9 Å². The number of benzene rings is 1. The van der Waals surface area contributed by atoms with Crippen LogP contribution in [-0.2, 0) is 17.1 Å². The summed E-state index contributed by atoms with van der Waals surface area (Å²) in [4.78, 5) is 23.0. The van der Waals surface area contributed by atoms with Gasteiger partial charge in [0.15, 0.2) is 6.61 Å². The highest BCUT2D eigenvalue weighted by Gasteiger charge is 2.37. The first-order chi connectivity index (χ1) is 11.6. The lowest BCUT2D eigenvalue weighted by molar-refractivity contribution is -0.143. The highest BCUT2D eigenvalue weighted by Crippen LogP contribution is 2.38. The fraction of sp³-hybridized carbons (Fsp3) is 0.467. The van der Waals surface area contributed by atoms with Crippen molar-refractivity contribution in [2.75, 3.05) is 6.61 Å². The Labute approximate surface area is 144 Å². The van der Waals surface area contributed by atoms with Gasteiger partial charge in [0.1, 0.15) is 5.75 Å². The second-order valence-corrected chi connectivity index (χ2v) is 6.28. The van der Waals surface area contributed by atoms with Crippen LogP contribution in [0.15, 0.2) is 18.2 Å². The summed E-state index contributed by atoms with van der Waals surface area (Å²) in [6.45, 7) is 3.95. The summed E-state index contributed by atoms with van der Waals surface area (Å²) in [7, 11) is 0. The van der Waals surface area contributed by atoms with Gasteiger partial charge in [-0.2, -0.15) is 26.3 Å². The average Bonchev–Trinajstić information content (AvgIpc) is 2.40. The summed E-state index contributed by atoms with van der Waals surface area (Å²) >= 11 is 0. The van der Waals surface area contributed by atoms with Gasteiger partial charge in [0.05, 0.1) is 11.1 Å². The van der Waals surface area contributed by atoms with Crippen LogP contribution in [0.2, 0.25) is 0 Å². The van der Waals surface area contributed by atoms with E-state index in [0.29, 0.717) is 12.1 Å². The molecule has 0 unspecified atom stereocenters. The minimum Gasteiger partial charge on any atom is -0.484 e. The van der Waals surface area contributed by atoms with Gasteiger partial charge in [-0.1, -0.05) is 0 Å². The van der Waals surface area contributed by atoms with E-state index in [-0.39, 0.29) is 6.07 Å². The molecule has 26 heavy (non-hydrogen) atoms. The molecule has 0 saturated heterocycles. The molecular weight excluding hydrogens is 370 g/mol. The molecule has 146 valence electrons. The van der Waals surface area contributed by atoms with E-state index in [4.69, 9.17) is 0 Å². The first-order valence-electron chi connectivity index (χ1n) is 7.12. The van der Waals surface area contributed by atoms with E-state index in [1.165, 1.54) is 0 Å². The van der Waals surface area contributed by atoms with Gasteiger partial charge in [-0.05, 0) is 39.0 Å². The molecule has 1 aromatic rings. The molecule has 5 nitrogen and oxygen atoms in total. The molecule has 0 aliphatic carbocycles. The second-order valence-electron chi connectivity index (χ2n) is 6.28. The van der Waals surface area contributed by atoms with Crippen LogP contribution in [0.1, 0.15) is 31.9 Å². The van der Waals surface area contributed by atoms with Crippen LogP contribution in [0, 0.1) is 0 Å². The number of urea groups is 1. The van der Waals surface area contributed by atoms with E-state index in [2.05, 4.69) is 10.1 Å². The third-order valence-electron chi connectivity index (χ3n) is 2.67. The van der Waals surface area contributed by atoms with Gasteiger partial charge >= 0.3 is 18.4 Å². The lowest BCUT2D eigenvalue weighted by Gasteiger charge is -2.20. The SMILES string of the molecule is CC(C)(C)NC(=O)NC(=O)COc1cc(C(F)(F)F)cc(C(F)(F)F)c1. The topological polar surface area (TPSA) is 67.4 Å². The number of amides is 3. The lowest BCUT2D eigenvalue weighted by atomic mass is 10.1. The Hall–Kier alpha value is -2.46. The van der Waals surface area contributed by atoms with Gasteiger partial charge in [-0.25, -0.2) is 4.79 Å². The van der Waals surface area contributed by atoms with Crippen molar-refractivity contribution in [3.63, 3.8) is 0 Å². The zero-order valence-electron chi connectivity index (χ0n) is 13.9. The standard InChI is InChI=1S/C15H16F6N2O3/c1-13(2,3)23-12(25)22-11(24)7-26-10-5-8(14(16,17)18)4-9(6-10)15(19,20)21/h4-6H,7H2,1-3H3,(H2,22,23,24,25). The van der Waals surface area contributed by atoms with Crippen molar-refractivity contribution in [1.82, 2.24) is 10.6 Å². The van der Waals surface area contributed by atoms with Crippen LogP contribution < -0.4 is 15.4 Å². The molecule has 0 aliphatic rings. The van der Waals surface area contributed by atoms with Gasteiger partial charge in [-0.3, -0.25) is 10.1 Å². The molecule has 11 heteroatoms. The van der Waals surface area contributed by atoms with Gasteiger partial charge in [0.2, 0.25) is 0 Å². The molecule has 0 bridgehead atoms. The number of nitrogens with one attached hydrogen (secondary N) is 2. The molecule has 2 N–H and O–H groups in total. The summed E-state index contributed by atoms with van der Waals surface area (Å²) in [5.41, 5.74) is -3.81. The minimum atomic E-state index is -5.03. The van der Waals surface area contributed by atoms with Crippen LogP contribution in [0.3, 0.4) is 0 Å². The molecule has 0 aliphatic heterocycles. The maximum atomic E-state index is 12.7. The van der Waals surface area contributed by atoms with E-state index >= 15 is 0 Å². The Morgan fingerprint density at radius 1 is 0.923 bits per heavy atom. The monoisotopic (exact) mass is 386 g/mol. The Balaban J connectivity index is 2.86. The maximum absolute atomic E-state index is 12.7. The van der Waals surface area contributed by atoms with Crippen LogP contribution in [0.5, 0.6) is 5.75 Å². The second kappa shape index (κ2) is 7.42. The Morgan fingerprint density at radius 2 is 1.38 bits per heavy atom. The van der Waals surface area contributed by atoms with E-state index in [0.717, 1.165) is 0 Å². The number of hydrogen-bond acceptors (Lipinski definition) is 3. The van der Waals surface area contributed by atoms with Crippen molar-refractivity contribution < 1.29 is 40.7 Å². The molecule has 0 atom stereocenters. The van der Waals surface area contributed by atoms with Gasteiger partial charge in [-0.15, -0.1) is 0 Å². The Bertz CT molecular complexity index is 645. The number of rotatable bonds is 3. The molecule has 0 radical (unpaired) electrons. The largest absolute Gasteiger partial charge is 0.484 e. The smallest absolute Gasteiger partial charge is 0.416 e. The van der Waals surface area contributed by atoms with E-state index in [1.807, 2.05) is 5.32 Å². The number of hydrogen-bond donors (Lipinski definition) is 2. The molecule has 0 aromatic heterocycles. The number of ether oxygens (including phenoxy) is 1. The van der Waals surface area contributed by atoms with Crippen LogP contribution in [0.4, 0.5) is 31.1 Å². The molecule has 3 amide bonds. The fourth-order valence-electron chi connectivity index (χ4n) is 1.69. The maximum Gasteiger partial charge on any atom is 0.416 e. The van der Waals surface area contributed by atoms with E-state index in [9.17, 15) is 35.9 Å². The van der Waals surface area contributed by atoms with Gasteiger partial charge < -0.3 is 10.1 Å². The molecule has 1 rings (SSSR count). The number of carbonyl (C=O) groups is 2. The quantitative estimate of drug-likeness (QED) is 0.778. The molecular formula is C15H16F6N2O3. The summed E-state index contributed by atoms with van der Waals surface area (Å²) in [6, 6.07) is -0.287. The first kappa shape index (κ1) is 21.6. The van der Waals surface area contributed by atoms with Gasteiger partial charge in [0.25, 0.3) is 5.91 Å². The van der Waals surface area contributed by atoms with Gasteiger partial charge in [0, 0.05) is 5.54 Å². The number of halogens is 6. The third kappa shape index (κ3) is 7.19. The third-order valence-corrected chi connectivity index (χ3v) is 2.67. The van der Waals surface area contributed by atoms with E-state index in [1.54, 1.807) is 20.8 Å². The summed E-state index contributed by atoms with van der Waals surface area (Å²) in [5, 5.41) is 4.22. The van der Waals surface area contributed by atoms with E-state index < -0.39 is 53.3 Å². The zero-order chi connectivity index (χ0) is 20.3. The number of carbonyl (C=O) groups excluding carboxylic acids is 2. The van der Waals surface area contributed by atoms with Crippen LogP contribution in [0.25, 0.3) is 0 Å². The van der Waals surface area contributed by atoms with Crippen molar-refractivity contribution in [3.8, 4) is 5.75 Å². The molecule has 0 fully saturated rings. The Kier molecular flexibility index (Phi) is 6.16. The summed E-state index contributed by atoms with van der Waals surface area (Å²) in [5.74, 6) is -1.85. The summed E-state index contributed by atoms with van der Waals surface area (Å²) < 4.78 is 80.9. The minimum absolute atomic E-state index is 0.0658. The van der Waals surface area contributed by atoms with Crippen molar-refractivity contribution in [1.29, 1.82) is 0 Å². The normalized spacial score (nSPS) is 12.5.